The van der Waals surface area contributed by atoms with Gasteiger partial charge in [0.05, 0.1) is 36.5 Å². The lowest BCUT2D eigenvalue weighted by Gasteiger charge is -2.14. The molecule has 2 aromatic rings. The maximum atomic E-state index is 12.3. The van der Waals surface area contributed by atoms with E-state index in [-0.39, 0.29) is 36.6 Å². The van der Waals surface area contributed by atoms with Gasteiger partial charge in [-0.25, -0.2) is 4.79 Å². The third kappa shape index (κ3) is 3.41. The third-order valence-electron chi connectivity index (χ3n) is 3.43. The van der Waals surface area contributed by atoms with Crippen molar-refractivity contribution in [1.82, 2.24) is 4.98 Å². The van der Waals surface area contributed by atoms with E-state index in [0.717, 1.165) is 5.56 Å². The van der Waals surface area contributed by atoms with Gasteiger partial charge in [0.2, 0.25) is 0 Å². The van der Waals surface area contributed by atoms with E-state index in [1.165, 1.54) is 0 Å². The van der Waals surface area contributed by atoms with Gasteiger partial charge in [-0.05, 0) is 32.4 Å². The minimum absolute atomic E-state index is 0.129. The summed E-state index contributed by atoms with van der Waals surface area (Å²) in [6, 6.07) is 5.53. The van der Waals surface area contributed by atoms with E-state index in [1.54, 1.807) is 19.9 Å². The molecule has 0 radical (unpaired) electrons. The second-order valence-electron chi connectivity index (χ2n) is 5.02. The number of pyridine rings is 1. The van der Waals surface area contributed by atoms with E-state index in [9.17, 15) is 9.59 Å². The molecule has 0 spiro atoms. The van der Waals surface area contributed by atoms with Gasteiger partial charge < -0.3 is 15.2 Å². The molecule has 0 unspecified atom stereocenters. The third-order valence-corrected chi connectivity index (χ3v) is 3.43. The lowest BCUT2D eigenvalue weighted by atomic mass is 10.0. The molecule has 6 heteroatoms. The molecule has 0 aliphatic carbocycles. The lowest BCUT2D eigenvalue weighted by Crippen LogP contribution is -2.17. The van der Waals surface area contributed by atoms with Crippen molar-refractivity contribution in [3.8, 4) is 0 Å². The molecule has 0 amide bonds. The Hall–Kier alpha value is -2.63. The maximum Gasteiger partial charge on any atom is 0.342 e. The lowest BCUT2D eigenvalue weighted by molar-refractivity contribution is -0.142. The number of ether oxygens (including phenoxy) is 2. The molecule has 1 aromatic heterocycles. The van der Waals surface area contributed by atoms with Gasteiger partial charge in [-0.2, -0.15) is 0 Å². The Morgan fingerprint density at radius 3 is 2.52 bits per heavy atom. The number of aromatic nitrogens is 1. The van der Waals surface area contributed by atoms with Gasteiger partial charge in [-0.3, -0.25) is 9.78 Å². The molecule has 0 saturated heterocycles. The topological polar surface area (TPSA) is 91.5 Å². The van der Waals surface area contributed by atoms with E-state index in [0.29, 0.717) is 10.9 Å². The summed E-state index contributed by atoms with van der Waals surface area (Å²) in [6.07, 6.45) is -0.129. The van der Waals surface area contributed by atoms with Crippen LogP contribution in [0.3, 0.4) is 0 Å². The first kappa shape index (κ1) is 16.7. The molecule has 2 rings (SSSR count). The fraction of sp³-hybridized carbons (Fsp3) is 0.353. The molecule has 122 valence electrons. The summed E-state index contributed by atoms with van der Waals surface area (Å²) < 4.78 is 10.0. The molecular formula is C17H20N2O4. The van der Waals surface area contributed by atoms with Crippen LogP contribution in [-0.2, 0) is 20.7 Å². The Bertz CT molecular complexity index is 756. The Morgan fingerprint density at radius 2 is 1.87 bits per heavy atom. The Balaban J connectivity index is 2.65. The predicted molar refractivity (Wildman–Crippen MR) is 87.2 cm³/mol. The standard InChI is InChI=1S/C17H20N2O4/c1-4-22-13(20)9-12-15(17(21)23-5-2)16(18)14-10(3)7-6-8-11(14)19-12/h6-8H,4-5,9H2,1-3H3,(H2,18,19). The van der Waals surface area contributed by atoms with Crippen LogP contribution < -0.4 is 5.73 Å². The highest BCUT2D eigenvalue weighted by molar-refractivity contribution is 6.06. The summed E-state index contributed by atoms with van der Waals surface area (Å²) in [7, 11) is 0. The molecule has 2 N–H and O–H groups in total. The number of hydrogen-bond donors (Lipinski definition) is 1. The van der Waals surface area contributed by atoms with Crippen molar-refractivity contribution < 1.29 is 19.1 Å². The van der Waals surface area contributed by atoms with Crippen molar-refractivity contribution in [2.24, 2.45) is 0 Å². The molecule has 6 nitrogen and oxygen atoms in total. The zero-order valence-electron chi connectivity index (χ0n) is 13.5. The number of nitrogen functional groups attached to an aromatic ring is 1. The fourth-order valence-corrected chi connectivity index (χ4v) is 2.49. The molecular weight excluding hydrogens is 296 g/mol. The highest BCUT2D eigenvalue weighted by Crippen LogP contribution is 2.29. The van der Waals surface area contributed by atoms with Crippen LogP contribution in [-0.4, -0.2) is 30.1 Å². The normalized spacial score (nSPS) is 10.6. The van der Waals surface area contributed by atoms with Crippen LogP contribution in [0.1, 0.15) is 35.5 Å². The summed E-state index contributed by atoms with van der Waals surface area (Å²) in [4.78, 5) is 28.5. The molecule has 0 saturated carbocycles. The average molecular weight is 316 g/mol. The largest absolute Gasteiger partial charge is 0.466 e. The van der Waals surface area contributed by atoms with Crippen LogP contribution in [0.4, 0.5) is 5.69 Å². The van der Waals surface area contributed by atoms with Crippen molar-refractivity contribution in [3.05, 3.63) is 35.0 Å². The first-order chi connectivity index (χ1) is 11.0. The molecule has 0 bridgehead atoms. The maximum absolute atomic E-state index is 12.3. The second-order valence-corrected chi connectivity index (χ2v) is 5.02. The van der Waals surface area contributed by atoms with E-state index in [2.05, 4.69) is 4.98 Å². The zero-order valence-corrected chi connectivity index (χ0v) is 13.5. The van der Waals surface area contributed by atoms with Gasteiger partial charge in [0.25, 0.3) is 0 Å². The fourth-order valence-electron chi connectivity index (χ4n) is 2.49. The number of carbonyl (C=O) groups is 2. The molecule has 1 heterocycles. The SMILES string of the molecule is CCOC(=O)Cc1nc2cccc(C)c2c(N)c1C(=O)OCC. The minimum Gasteiger partial charge on any atom is -0.466 e. The minimum atomic E-state index is -0.582. The van der Waals surface area contributed by atoms with Gasteiger partial charge in [-0.15, -0.1) is 0 Å². The Morgan fingerprint density at radius 1 is 1.17 bits per heavy atom. The van der Waals surface area contributed by atoms with Crippen LogP contribution >= 0.6 is 0 Å². The van der Waals surface area contributed by atoms with Gasteiger partial charge in [0.15, 0.2) is 0 Å². The smallest absolute Gasteiger partial charge is 0.342 e. The molecule has 1 aromatic carbocycles. The number of carbonyl (C=O) groups excluding carboxylic acids is 2. The van der Waals surface area contributed by atoms with E-state index >= 15 is 0 Å². The monoisotopic (exact) mass is 316 g/mol. The molecule has 0 fully saturated rings. The Labute approximate surface area is 134 Å². The summed E-state index contributed by atoms with van der Waals surface area (Å²) in [5, 5.41) is 0.697. The highest BCUT2D eigenvalue weighted by Gasteiger charge is 2.23. The van der Waals surface area contributed by atoms with E-state index in [1.807, 2.05) is 19.1 Å². The van der Waals surface area contributed by atoms with Crippen LogP contribution in [0.15, 0.2) is 18.2 Å². The Kier molecular flexibility index (Phi) is 5.16. The van der Waals surface area contributed by atoms with E-state index < -0.39 is 11.9 Å². The van der Waals surface area contributed by atoms with E-state index in [4.69, 9.17) is 15.2 Å². The first-order valence-corrected chi connectivity index (χ1v) is 7.50. The predicted octanol–water partition coefficient (Wildman–Crippen LogP) is 2.41. The van der Waals surface area contributed by atoms with Gasteiger partial charge >= 0.3 is 11.9 Å². The molecule has 0 atom stereocenters. The van der Waals surface area contributed by atoms with Crippen LogP contribution in [0.2, 0.25) is 0 Å². The summed E-state index contributed by atoms with van der Waals surface area (Å²) >= 11 is 0. The van der Waals surface area contributed by atoms with Crippen molar-refractivity contribution >= 4 is 28.5 Å². The zero-order chi connectivity index (χ0) is 17.0. The summed E-state index contributed by atoms with van der Waals surface area (Å²) in [6.45, 7) is 5.79. The molecule has 0 aliphatic rings. The number of hydrogen-bond acceptors (Lipinski definition) is 6. The molecule has 23 heavy (non-hydrogen) atoms. The number of nitrogens with zero attached hydrogens (tertiary/aromatic N) is 1. The quantitative estimate of drug-likeness (QED) is 0.852. The van der Waals surface area contributed by atoms with Crippen molar-refractivity contribution in [2.75, 3.05) is 18.9 Å². The second kappa shape index (κ2) is 7.09. The number of rotatable bonds is 5. The number of fused-ring (bicyclic) bond motifs is 1. The molecule has 0 aliphatic heterocycles. The van der Waals surface area contributed by atoms with Crippen LogP contribution in [0, 0.1) is 6.92 Å². The van der Waals surface area contributed by atoms with Crippen LogP contribution in [0.5, 0.6) is 0 Å². The van der Waals surface area contributed by atoms with Gasteiger partial charge in [-0.1, -0.05) is 12.1 Å². The number of nitrogens with two attached hydrogens (primary N) is 1. The number of anilines is 1. The number of esters is 2. The van der Waals surface area contributed by atoms with Crippen LogP contribution in [0.25, 0.3) is 10.9 Å². The average Bonchev–Trinajstić information content (AvgIpc) is 2.47. The summed E-state index contributed by atoms with van der Waals surface area (Å²) in [5.74, 6) is -1.04. The summed E-state index contributed by atoms with van der Waals surface area (Å²) in [5.41, 5.74) is 8.45. The van der Waals surface area contributed by atoms with Gasteiger partial charge in [0, 0.05) is 5.39 Å². The number of benzene rings is 1. The van der Waals surface area contributed by atoms with Crippen molar-refractivity contribution in [3.63, 3.8) is 0 Å². The van der Waals surface area contributed by atoms with Crippen molar-refractivity contribution in [1.29, 1.82) is 0 Å². The van der Waals surface area contributed by atoms with Crippen molar-refractivity contribution in [2.45, 2.75) is 27.2 Å². The highest BCUT2D eigenvalue weighted by atomic mass is 16.5. The first-order valence-electron chi connectivity index (χ1n) is 7.50. The van der Waals surface area contributed by atoms with Gasteiger partial charge in [0.1, 0.15) is 5.56 Å². The number of aryl methyl sites for hydroxylation is 1.